The minimum absolute atomic E-state index is 0.0343. The average Bonchev–Trinajstić information content (AvgIpc) is 3.31. The first kappa shape index (κ1) is 17.9. The van der Waals surface area contributed by atoms with Crippen LogP contribution in [0.1, 0.15) is 28.6 Å². The highest BCUT2D eigenvalue weighted by Crippen LogP contribution is 2.28. The van der Waals surface area contributed by atoms with E-state index < -0.39 is 11.8 Å². The Morgan fingerprint density at radius 3 is 2.54 bits per heavy atom. The van der Waals surface area contributed by atoms with Crippen LogP contribution in [0.4, 0.5) is 14.6 Å². The second kappa shape index (κ2) is 6.92. The highest BCUT2D eigenvalue weighted by molar-refractivity contribution is 6.06. The maximum absolute atomic E-state index is 13.4. The summed E-state index contributed by atoms with van der Waals surface area (Å²) in [5.74, 6) is -2.67. The zero-order valence-electron chi connectivity index (χ0n) is 15.0. The number of para-hydroxylation sites is 1. The average molecular weight is 381 g/mol. The molecule has 0 radical (unpaired) electrons. The number of aromatic nitrogens is 2. The summed E-state index contributed by atoms with van der Waals surface area (Å²) in [5, 5.41) is 8.04. The Kier molecular flexibility index (Phi) is 4.43. The summed E-state index contributed by atoms with van der Waals surface area (Å²) in [4.78, 5) is 12.3. The van der Waals surface area contributed by atoms with Crippen LogP contribution in [0.2, 0.25) is 0 Å². The summed E-state index contributed by atoms with van der Waals surface area (Å²) in [6, 6.07) is 16.8. The van der Waals surface area contributed by atoms with E-state index in [1.807, 2.05) is 24.3 Å². The van der Waals surface area contributed by atoms with Crippen LogP contribution in [-0.2, 0) is 12.5 Å². The lowest BCUT2D eigenvalue weighted by atomic mass is 10.1. The van der Waals surface area contributed by atoms with Crippen LogP contribution in [0.25, 0.3) is 10.9 Å². The van der Waals surface area contributed by atoms with Gasteiger partial charge in [0.1, 0.15) is 0 Å². The van der Waals surface area contributed by atoms with E-state index in [0.29, 0.717) is 12.4 Å². The van der Waals surface area contributed by atoms with Crippen molar-refractivity contribution < 1.29 is 18.0 Å². The fourth-order valence-corrected chi connectivity index (χ4v) is 2.99. The molecule has 28 heavy (non-hydrogen) atoms. The quantitative estimate of drug-likeness (QED) is 0.527. The van der Waals surface area contributed by atoms with Crippen molar-refractivity contribution in [1.82, 2.24) is 9.78 Å². The number of hydrogen-bond donors (Lipinski definition) is 1. The van der Waals surface area contributed by atoms with Gasteiger partial charge >= 0.3 is 0 Å². The van der Waals surface area contributed by atoms with Gasteiger partial charge in [-0.05, 0) is 29.8 Å². The van der Waals surface area contributed by atoms with Crippen molar-refractivity contribution in [1.29, 1.82) is 0 Å². The second-order valence-corrected chi connectivity index (χ2v) is 6.54. The van der Waals surface area contributed by atoms with Gasteiger partial charge in [-0.1, -0.05) is 36.4 Å². The smallest absolute Gasteiger partial charge is 0.292 e. The number of hydrogen-bond acceptors (Lipinski definition) is 3. The first-order valence-electron chi connectivity index (χ1n) is 8.69. The Labute approximate surface area is 159 Å². The molecule has 5 nitrogen and oxygen atoms in total. The van der Waals surface area contributed by atoms with Gasteiger partial charge in [0.05, 0.1) is 18.3 Å². The van der Waals surface area contributed by atoms with E-state index in [1.165, 1.54) is 18.4 Å². The number of benzene rings is 2. The van der Waals surface area contributed by atoms with E-state index in [4.69, 9.17) is 4.42 Å². The zero-order chi connectivity index (χ0) is 19.7. The number of anilines is 1. The molecule has 0 fully saturated rings. The minimum Gasteiger partial charge on any atom is -0.459 e. The van der Waals surface area contributed by atoms with Gasteiger partial charge in [-0.2, -0.15) is 5.10 Å². The largest absolute Gasteiger partial charge is 0.459 e. The Bertz CT molecular complexity index is 1110. The summed E-state index contributed by atoms with van der Waals surface area (Å²) in [6.07, 6.45) is 1.43. The number of nitrogens with zero attached hydrogens (tertiary/aromatic N) is 2. The van der Waals surface area contributed by atoms with Gasteiger partial charge < -0.3 is 9.73 Å². The molecule has 2 aromatic heterocycles. The highest BCUT2D eigenvalue weighted by Gasteiger charge is 2.23. The van der Waals surface area contributed by atoms with Gasteiger partial charge in [0, 0.05) is 17.9 Å². The zero-order valence-corrected chi connectivity index (χ0v) is 15.0. The van der Waals surface area contributed by atoms with Gasteiger partial charge in [0.2, 0.25) is 0 Å². The molecular formula is C21H17F2N3O2. The number of halogens is 2. The number of amides is 1. The molecule has 142 valence electrons. The molecule has 1 amide bonds. The second-order valence-electron chi connectivity index (χ2n) is 6.54. The van der Waals surface area contributed by atoms with E-state index in [2.05, 4.69) is 10.4 Å². The van der Waals surface area contributed by atoms with Crippen LogP contribution < -0.4 is 5.32 Å². The molecule has 4 rings (SSSR count). The summed E-state index contributed by atoms with van der Waals surface area (Å²) < 4.78 is 33.6. The van der Waals surface area contributed by atoms with Crippen LogP contribution in [-0.4, -0.2) is 15.7 Å². The first-order valence-corrected chi connectivity index (χ1v) is 8.69. The SMILES string of the molecule is CC(F)(F)c1ccc(Cn2nc(NC(=O)c3ccco3)c3ccccc32)cc1. The molecule has 0 aliphatic rings. The van der Waals surface area contributed by atoms with Gasteiger partial charge in [-0.15, -0.1) is 0 Å². The van der Waals surface area contributed by atoms with Crippen LogP contribution >= 0.6 is 0 Å². The third-order valence-corrected chi connectivity index (χ3v) is 4.43. The molecule has 1 N–H and O–H groups in total. The van der Waals surface area contributed by atoms with Crippen LogP contribution in [0.3, 0.4) is 0 Å². The summed E-state index contributed by atoms with van der Waals surface area (Å²) in [6.45, 7) is 1.25. The molecular weight excluding hydrogens is 364 g/mol. The predicted molar refractivity (Wildman–Crippen MR) is 102 cm³/mol. The fraction of sp³-hybridized carbons (Fsp3) is 0.143. The molecule has 2 heterocycles. The van der Waals surface area contributed by atoms with Crippen molar-refractivity contribution >= 4 is 22.6 Å². The third kappa shape index (κ3) is 3.51. The van der Waals surface area contributed by atoms with Crippen LogP contribution in [0, 0.1) is 0 Å². The van der Waals surface area contributed by atoms with Gasteiger partial charge in [-0.25, -0.2) is 8.78 Å². The Morgan fingerprint density at radius 1 is 1.11 bits per heavy atom. The Hall–Kier alpha value is -3.48. The lowest BCUT2D eigenvalue weighted by Gasteiger charge is -2.11. The molecule has 0 unspecified atom stereocenters. The lowest BCUT2D eigenvalue weighted by molar-refractivity contribution is 0.0174. The highest BCUT2D eigenvalue weighted by atomic mass is 19.3. The molecule has 0 saturated carbocycles. The fourth-order valence-electron chi connectivity index (χ4n) is 2.99. The Balaban J connectivity index is 1.63. The summed E-state index contributed by atoms with van der Waals surface area (Å²) >= 11 is 0. The number of rotatable bonds is 5. The lowest BCUT2D eigenvalue weighted by Crippen LogP contribution is -2.12. The van der Waals surface area contributed by atoms with Crippen molar-refractivity contribution in [2.24, 2.45) is 0 Å². The molecule has 0 saturated heterocycles. The molecule has 0 atom stereocenters. The van der Waals surface area contributed by atoms with Crippen molar-refractivity contribution in [2.75, 3.05) is 5.32 Å². The van der Waals surface area contributed by atoms with Gasteiger partial charge in [-0.3, -0.25) is 9.48 Å². The van der Waals surface area contributed by atoms with Gasteiger partial charge in [0.25, 0.3) is 11.8 Å². The molecule has 7 heteroatoms. The standard InChI is InChI=1S/C21H17F2N3O2/c1-21(22,23)15-10-8-14(9-11-15)13-26-17-6-3-2-5-16(17)19(25-26)24-20(27)18-7-4-12-28-18/h2-12H,13H2,1H3,(H,24,25,27). The molecule has 0 spiro atoms. The molecule has 0 bridgehead atoms. The normalized spacial score (nSPS) is 11.7. The summed E-state index contributed by atoms with van der Waals surface area (Å²) in [7, 11) is 0. The van der Waals surface area contributed by atoms with Crippen molar-refractivity contribution in [2.45, 2.75) is 19.4 Å². The number of nitrogens with one attached hydrogen (secondary N) is 1. The van der Waals surface area contributed by atoms with Crippen molar-refractivity contribution in [3.05, 3.63) is 83.8 Å². The maximum Gasteiger partial charge on any atom is 0.292 e. The van der Waals surface area contributed by atoms with E-state index in [1.54, 1.807) is 28.9 Å². The monoisotopic (exact) mass is 381 g/mol. The number of furan rings is 1. The van der Waals surface area contributed by atoms with E-state index in [-0.39, 0.29) is 11.3 Å². The predicted octanol–water partition coefficient (Wildman–Crippen LogP) is 5.04. The van der Waals surface area contributed by atoms with Crippen LogP contribution in [0.5, 0.6) is 0 Å². The van der Waals surface area contributed by atoms with E-state index in [9.17, 15) is 13.6 Å². The van der Waals surface area contributed by atoms with E-state index >= 15 is 0 Å². The topological polar surface area (TPSA) is 60.1 Å². The van der Waals surface area contributed by atoms with E-state index in [0.717, 1.165) is 23.4 Å². The van der Waals surface area contributed by atoms with Crippen molar-refractivity contribution in [3.8, 4) is 0 Å². The minimum atomic E-state index is -2.87. The number of carbonyl (C=O) groups is 1. The third-order valence-electron chi connectivity index (χ3n) is 4.43. The maximum atomic E-state index is 13.4. The molecule has 0 aliphatic carbocycles. The van der Waals surface area contributed by atoms with Gasteiger partial charge in [0.15, 0.2) is 11.6 Å². The first-order chi connectivity index (χ1) is 13.4. The number of fused-ring (bicyclic) bond motifs is 1. The molecule has 0 aliphatic heterocycles. The molecule has 2 aromatic carbocycles. The Morgan fingerprint density at radius 2 is 1.86 bits per heavy atom. The molecule has 4 aromatic rings. The number of carbonyl (C=O) groups excluding carboxylic acids is 1. The van der Waals surface area contributed by atoms with Crippen molar-refractivity contribution in [3.63, 3.8) is 0 Å². The summed E-state index contributed by atoms with van der Waals surface area (Å²) in [5.41, 5.74) is 1.61. The number of alkyl halides is 2. The van der Waals surface area contributed by atoms with Crippen LogP contribution in [0.15, 0.2) is 71.3 Å².